The number of hydrogen-bond acceptors (Lipinski definition) is 3. The molecular weight excluding hydrogens is 383 g/mol. The Bertz CT molecular complexity index is 845. The van der Waals surface area contributed by atoms with Crippen molar-refractivity contribution in [2.45, 2.75) is 32.0 Å². The number of alkyl halides is 3. The standard InChI is InChI=1S/C22H24F3NO3/c1-28-19-10-5-15(13-20(19)29-2)11-12-26(21(27)17-6-7-17)14-16-3-8-18(9-4-16)22(23,24)25/h3-5,8-10,13,17H,6-7,11-12,14H2,1-2H3. The SMILES string of the molecule is COc1ccc(CCN(Cc2ccc(C(F)(F)F)cc2)C(=O)C2CC2)cc1OC. The zero-order valence-electron chi connectivity index (χ0n) is 16.5. The lowest BCUT2D eigenvalue weighted by Gasteiger charge is -2.23. The molecule has 1 saturated carbocycles. The fourth-order valence-corrected chi connectivity index (χ4v) is 3.18. The molecule has 156 valence electrons. The van der Waals surface area contributed by atoms with Crippen molar-refractivity contribution in [2.24, 2.45) is 5.92 Å². The first-order valence-corrected chi connectivity index (χ1v) is 9.47. The highest BCUT2D eigenvalue weighted by Gasteiger charge is 2.33. The molecule has 0 unspecified atom stereocenters. The molecule has 1 aliphatic carbocycles. The van der Waals surface area contributed by atoms with Crippen LogP contribution in [0.2, 0.25) is 0 Å². The van der Waals surface area contributed by atoms with Crippen LogP contribution in [0.4, 0.5) is 13.2 Å². The molecule has 1 fully saturated rings. The highest BCUT2D eigenvalue weighted by Crippen LogP contribution is 2.33. The summed E-state index contributed by atoms with van der Waals surface area (Å²) in [7, 11) is 3.13. The number of carbonyl (C=O) groups excluding carboxylic acids is 1. The van der Waals surface area contributed by atoms with E-state index in [4.69, 9.17) is 9.47 Å². The number of benzene rings is 2. The molecule has 0 atom stereocenters. The Balaban J connectivity index is 1.70. The largest absolute Gasteiger partial charge is 0.493 e. The molecule has 0 N–H and O–H groups in total. The van der Waals surface area contributed by atoms with Gasteiger partial charge < -0.3 is 14.4 Å². The number of halogens is 3. The summed E-state index contributed by atoms with van der Waals surface area (Å²) in [5.41, 5.74) is 0.981. The van der Waals surface area contributed by atoms with E-state index in [2.05, 4.69) is 0 Å². The molecule has 0 aliphatic heterocycles. The summed E-state index contributed by atoms with van der Waals surface area (Å²) in [5, 5.41) is 0. The number of amides is 1. The second-order valence-corrected chi connectivity index (χ2v) is 7.17. The maximum atomic E-state index is 12.8. The molecule has 3 rings (SSSR count). The maximum absolute atomic E-state index is 12.8. The van der Waals surface area contributed by atoms with Crippen molar-refractivity contribution >= 4 is 5.91 Å². The molecular formula is C22H24F3NO3. The third kappa shape index (κ3) is 5.43. The van der Waals surface area contributed by atoms with Crippen LogP contribution in [-0.2, 0) is 23.9 Å². The van der Waals surface area contributed by atoms with Gasteiger partial charge in [0.1, 0.15) is 0 Å². The average molecular weight is 407 g/mol. The number of hydrogen-bond donors (Lipinski definition) is 0. The number of rotatable bonds is 8. The molecule has 29 heavy (non-hydrogen) atoms. The van der Waals surface area contributed by atoms with E-state index in [0.29, 0.717) is 36.6 Å². The monoisotopic (exact) mass is 407 g/mol. The first kappa shape index (κ1) is 21.0. The van der Waals surface area contributed by atoms with Gasteiger partial charge in [-0.1, -0.05) is 18.2 Å². The summed E-state index contributed by atoms with van der Waals surface area (Å²) >= 11 is 0. The lowest BCUT2D eigenvalue weighted by atomic mass is 10.1. The minimum Gasteiger partial charge on any atom is -0.493 e. The highest BCUT2D eigenvalue weighted by atomic mass is 19.4. The van der Waals surface area contributed by atoms with Gasteiger partial charge in [0.2, 0.25) is 5.91 Å². The normalized spacial score (nSPS) is 13.8. The summed E-state index contributed by atoms with van der Waals surface area (Å²) in [5.74, 6) is 1.35. The van der Waals surface area contributed by atoms with Crippen molar-refractivity contribution in [2.75, 3.05) is 20.8 Å². The Hall–Kier alpha value is -2.70. The predicted octanol–water partition coefficient (Wildman–Crippen LogP) is 4.70. The van der Waals surface area contributed by atoms with Gasteiger partial charge in [-0.2, -0.15) is 13.2 Å². The number of ether oxygens (including phenoxy) is 2. The van der Waals surface area contributed by atoms with Crippen LogP contribution in [0.1, 0.15) is 29.5 Å². The Morgan fingerprint density at radius 3 is 2.17 bits per heavy atom. The zero-order chi connectivity index (χ0) is 21.0. The Labute approximate surface area is 168 Å². The lowest BCUT2D eigenvalue weighted by molar-refractivity contribution is -0.137. The summed E-state index contributed by atoms with van der Waals surface area (Å²) in [6.07, 6.45) is -2.01. The minimum absolute atomic E-state index is 0.0369. The Morgan fingerprint density at radius 2 is 1.62 bits per heavy atom. The van der Waals surface area contributed by atoms with Crippen molar-refractivity contribution in [1.82, 2.24) is 4.90 Å². The van der Waals surface area contributed by atoms with Gasteiger partial charge in [0.05, 0.1) is 19.8 Å². The second-order valence-electron chi connectivity index (χ2n) is 7.17. The molecule has 7 heteroatoms. The van der Waals surface area contributed by atoms with Crippen LogP contribution < -0.4 is 9.47 Å². The first-order valence-electron chi connectivity index (χ1n) is 9.47. The quantitative estimate of drug-likeness (QED) is 0.637. The van der Waals surface area contributed by atoms with Crippen molar-refractivity contribution in [3.8, 4) is 11.5 Å². The summed E-state index contributed by atoms with van der Waals surface area (Å²) in [6, 6.07) is 10.6. The van der Waals surface area contributed by atoms with Crippen molar-refractivity contribution in [3.05, 3.63) is 59.2 Å². The molecule has 0 saturated heterocycles. The van der Waals surface area contributed by atoms with E-state index in [1.54, 1.807) is 19.1 Å². The second kappa shape index (κ2) is 8.76. The number of carbonyl (C=O) groups is 1. The topological polar surface area (TPSA) is 38.8 Å². The summed E-state index contributed by atoms with van der Waals surface area (Å²) < 4.78 is 48.8. The Kier molecular flexibility index (Phi) is 6.35. The fourth-order valence-electron chi connectivity index (χ4n) is 3.18. The van der Waals surface area contributed by atoms with E-state index in [0.717, 1.165) is 30.5 Å². The first-order chi connectivity index (χ1) is 13.8. The van der Waals surface area contributed by atoms with E-state index >= 15 is 0 Å². The van der Waals surface area contributed by atoms with Gasteiger partial charge in [-0.05, 0) is 54.7 Å². The summed E-state index contributed by atoms with van der Waals surface area (Å²) in [4.78, 5) is 14.4. The van der Waals surface area contributed by atoms with E-state index in [1.807, 2.05) is 18.2 Å². The molecule has 2 aromatic carbocycles. The van der Waals surface area contributed by atoms with Crippen molar-refractivity contribution in [1.29, 1.82) is 0 Å². The van der Waals surface area contributed by atoms with E-state index in [-0.39, 0.29) is 11.8 Å². The van der Waals surface area contributed by atoms with Gasteiger partial charge in [0.25, 0.3) is 0 Å². The highest BCUT2D eigenvalue weighted by molar-refractivity contribution is 5.81. The molecule has 0 radical (unpaired) electrons. The molecule has 0 spiro atoms. The van der Waals surface area contributed by atoms with Crippen LogP contribution in [0, 0.1) is 5.92 Å². The summed E-state index contributed by atoms with van der Waals surface area (Å²) in [6.45, 7) is 0.770. The van der Waals surface area contributed by atoms with E-state index in [1.165, 1.54) is 12.1 Å². The van der Waals surface area contributed by atoms with Crippen LogP contribution in [0.3, 0.4) is 0 Å². The van der Waals surface area contributed by atoms with E-state index in [9.17, 15) is 18.0 Å². The molecule has 4 nitrogen and oxygen atoms in total. The van der Waals surface area contributed by atoms with Gasteiger partial charge in [0.15, 0.2) is 11.5 Å². The molecule has 1 aliphatic rings. The van der Waals surface area contributed by atoms with Crippen molar-refractivity contribution in [3.63, 3.8) is 0 Å². The molecule has 0 aromatic heterocycles. The fraction of sp³-hybridized carbons (Fsp3) is 0.409. The third-order valence-electron chi connectivity index (χ3n) is 5.01. The number of nitrogens with zero attached hydrogens (tertiary/aromatic N) is 1. The minimum atomic E-state index is -4.37. The molecule has 0 heterocycles. The van der Waals surface area contributed by atoms with Gasteiger partial charge in [-0.25, -0.2) is 0 Å². The van der Waals surface area contributed by atoms with Crippen LogP contribution in [0.15, 0.2) is 42.5 Å². The van der Waals surface area contributed by atoms with Gasteiger partial charge in [0, 0.05) is 19.0 Å². The third-order valence-corrected chi connectivity index (χ3v) is 5.01. The maximum Gasteiger partial charge on any atom is 0.416 e. The average Bonchev–Trinajstić information content (AvgIpc) is 3.55. The zero-order valence-corrected chi connectivity index (χ0v) is 16.5. The van der Waals surface area contributed by atoms with Crippen LogP contribution >= 0.6 is 0 Å². The van der Waals surface area contributed by atoms with Crippen LogP contribution in [0.25, 0.3) is 0 Å². The van der Waals surface area contributed by atoms with Gasteiger partial charge >= 0.3 is 6.18 Å². The van der Waals surface area contributed by atoms with Gasteiger partial charge in [-0.15, -0.1) is 0 Å². The smallest absolute Gasteiger partial charge is 0.416 e. The molecule has 2 aromatic rings. The number of methoxy groups -OCH3 is 2. The molecule has 0 bridgehead atoms. The van der Waals surface area contributed by atoms with Crippen molar-refractivity contribution < 1.29 is 27.4 Å². The lowest BCUT2D eigenvalue weighted by Crippen LogP contribution is -2.33. The Morgan fingerprint density at radius 1 is 1.00 bits per heavy atom. The molecule has 1 amide bonds. The van der Waals surface area contributed by atoms with Crippen LogP contribution in [0.5, 0.6) is 11.5 Å². The predicted molar refractivity (Wildman–Crippen MR) is 103 cm³/mol. The van der Waals surface area contributed by atoms with E-state index < -0.39 is 11.7 Å². The van der Waals surface area contributed by atoms with Gasteiger partial charge in [-0.3, -0.25) is 4.79 Å². The van der Waals surface area contributed by atoms with Crippen LogP contribution in [-0.4, -0.2) is 31.6 Å².